The van der Waals surface area contributed by atoms with Crippen molar-refractivity contribution >= 4 is 6.29 Å². The van der Waals surface area contributed by atoms with Gasteiger partial charge in [0.1, 0.15) is 6.29 Å². The standard InChI is InChI=1S/C10H18O2/c1-9(8-11)2-3-10-4-6-12-7-5-10/h8-10H,2-7H2,1H3. The molecule has 0 saturated carbocycles. The quantitative estimate of drug-likeness (QED) is 0.603. The Balaban J connectivity index is 2.08. The van der Waals surface area contributed by atoms with E-state index in [4.69, 9.17) is 4.74 Å². The Kier molecular flexibility index (Phi) is 4.30. The lowest BCUT2D eigenvalue weighted by Gasteiger charge is -2.22. The Hall–Kier alpha value is -0.370. The van der Waals surface area contributed by atoms with Crippen LogP contribution >= 0.6 is 0 Å². The molecule has 0 amide bonds. The zero-order valence-electron chi connectivity index (χ0n) is 7.79. The van der Waals surface area contributed by atoms with Crippen LogP contribution in [0.2, 0.25) is 0 Å². The second-order valence-electron chi connectivity index (χ2n) is 3.75. The monoisotopic (exact) mass is 170 g/mol. The molecular formula is C10H18O2. The predicted octanol–water partition coefficient (Wildman–Crippen LogP) is 2.03. The highest BCUT2D eigenvalue weighted by Crippen LogP contribution is 2.21. The Morgan fingerprint density at radius 2 is 2.17 bits per heavy atom. The Morgan fingerprint density at radius 1 is 1.50 bits per heavy atom. The Morgan fingerprint density at radius 3 is 2.75 bits per heavy atom. The van der Waals surface area contributed by atoms with Gasteiger partial charge >= 0.3 is 0 Å². The number of rotatable bonds is 4. The van der Waals surface area contributed by atoms with Crippen LogP contribution < -0.4 is 0 Å². The molecule has 0 spiro atoms. The zero-order valence-corrected chi connectivity index (χ0v) is 7.79. The minimum Gasteiger partial charge on any atom is -0.381 e. The molecule has 1 saturated heterocycles. The summed E-state index contributed by atoms with van der Waals surface area (Å²) in [6, 6.07) is 0. The minimum atomic E-state index is 0.243. The summed E-state index contributed by atoms with van der Waals surface area (Å²) in [7, 11) is 0. The molecule has 0 N–H and O–H groups in total. The van der Waals surface area contributed by atoms with Gasteiger partial charge in [-0.1, -0.05) is 6.92 Å². The van der Waals surface area contributed by atoms with E-state index < -0.39 is 0 Å². The maximum atomic E-state index is 10.4. The van der Waals surface area contributed by atoms with Gasteiger partial charge in [0, 0.05) is 19.1 Å². The average molecular weight is 170 g/mol. The fraction of sp³-hybridized carbons (Fsp3) is 0.900. The summed E-state index contributed by atoms with van der Waals surface area (Å²) in [4.78, 5) is 10.4. The molecule has 1 atom stereocenters. The third-order valence-corrected chi connectivity index (χ3v) is 2.60. The molecule has 1 aliphatic rings. The highest BCUT2D eigenvalue weighted by atomic mass is 16.5. The van der Waals surface area contributed by atoms with E-state index in [-0.39, 0.29) is 5.92 Å². The molecule has 2 heteroatoms. The van der Waals surface area contributed by atoms with E-state index in [2.05, 4.69) is 0 Å². The first-order valence-corrected chi connectivity index (χ1v) is 4.86. The molecule has 2 nitrogen and oxygen atoms in total. The van der Waals surface area contributed by atoms with Gasteiger partial charge in [-0.3, -0.25) is 0 Å². The van der Waals surface area contributed by atoms with E-state index in [0.29, 0.717) is 0 Å². The lowest BCUT2D eigenvalue weighted by molar-refractivity contribution is -0.110. The second-order valence-corrected chi connectivity index (χ2v) is 3.75. The van der Waals surface area contributed by atoms with Crippen LogP contribution in [-0.4, -0.2) is 19.5 Å². The van der Waals surface area contributed by atoms with E-state index in [9.17, 15) is 4.79 Å². The van der Waals surface area contributed by atoms with Crippen molar-refractivity contribution in [2.75, 3.05) is 13.2 Å². The summed E-state index contributed by atoms with van der Waals surface area (Å²) in [5.74, 6) is 1.05. The number of ether oxygens (including phenoxy) is 1. The summed E-state index contributed by atoms with van der Waals surface area (Å²) < 4.78 is 5.26. The second kappa shape index (κ2) is 5.31. The SMILES string of the molecule is CC(C=O)CCC1CCOCC1. The van der Waals surface area contributed by atoms with Crippen molar-refractivity contribution in [1.82, 2.24) is 0 Å². The van der Waals surface area contributed by atoms with Crippen molar-refractivity contribution in [1.29, 1.82) is 0 Å². The number of aldehydes is 1. The molecule has 0 aromatic rings. The van der Waals surface area contributed by atoms with Crippen molar-refractivity contribution in [3.8, 4) is 0 Å². The van der Waals surface area contributed by atoms with Crippen LogP contribution in [-0.2, 0) is 9.53 Å². The first-order valence-electron chi connectivity index (χ1n) is 4.86. The summed E-state index contributed by atoms with van der Waals surface area (Å²) >= 11 is 0. The summed E-state index contributed by atoms with van der Waals surface area (Å²) in [6.45, 7) is 3.83. The zero-order chi connectivity index (χ0) is 8.81. The van der Waals surface area contributed by atoms with Crippen molar-refractivity contribution in [3.05, 3.63) is 0 Å². The molecule has 70 valence electrons. The molecule has 1 unspecified atom stereocenters. The van der Waals surface area contributed by atoms with Crippen LogP contribution in [0.4, 0.5) is 0 Å². The van der Waals surface area contributed by atoms with Gasteiger partial charge in [-0.05, 0) is 31.6 Å². The van der Waals surface area contributed by atoms with Crippen LogP contribution in [0.3, 0.4) is 0 Å². The minimum absolute atomic E-state index is 0.243. The van der Waals surface area contributed by atoms with Crippen LogP contribution in [0.5, 0.6) is 0 Å². The Labute approximate surface area is 74.3 Å². The molecular weight excluding hydrogens is 152 g/mol. The molecule has 1 aliphatic heterocycles. The molecule has 12 heavy (non-hydrogen) atoms. The van der Waals surface area contributed by atoms with Gasteiger partial charge in [0.2, 0.25) is 0 Å². The topological polar surface area (TPSA) is 26.3 Å². The van der Waals surface area contributed by atoms with Crippen LogP contribution in [0.1, 0.15) is 32.6 Å². The predicted molar refractivity (Wildman–Crippen MR) is 48.0 cm³/mol. The van der Waals surface area contributed by atoms with E-state index in [0.717, 1.165) is 31.8 Å². The molecule has 0 bridgehead atoms. The lowest BCUT2D eigenvalue weighted by atomic mass is 9.92. The largest absolute Gasteiger partial charge is 0.381 e. The van der Waals surface area contributed by atoms with Crippen LogP contribution in [0.15, 0.2) is 0 Å². The number of carbonyl (C=O) groups excluding carboxylic acids is 1. The maximum absolute atomic E-state index is 10.4. The molecule has 0 aromatic heterocycles. The number of hydrogen-bond donors (Lipinski definition) is 0. The fourth-order valence-electron chi connectivity index (χ4n) is 1.60. The van der Waals surface area contributed by atoms with Gasteiger partial charge in [-0.2, -0.15) is 0 Å². The smallest absolute Gasteiger partial charge is 0.122 e. The van der Waals surface area contributed by atoms with Crippen LogP contribution in [0, 0.1) is 11.8 Å². The van der Waals surface area contributed by atoms with E-state index in [1.807, 2.05) is 6.92 Å². The summed E-state index contributed by atoms with van der Waals surface area (Å²) in [5.41, 5.74) is 0. The van der Waals surface area contributed by atoms with Gasteiger partial charge in [0.25, 0.3) is 0 Å². The molecule has 0 aromatic carbocycles. The first kappa shape index (κ1) is 9.72. The van der Waals surface area contributed by atoms with Crippen molar-refractivity contribution in [2.24, 2.45) is 11.8 Å². The lowest BCUT2D eigenvalue weighted by Crippen LogP contribution is -2.16. The highest BCUT2D eigenvalue weighted by Gasteiger charge is 2.14. The molecule has 1 fully saturated rings. The van der Waals surface area contributed by atoms with Gasteiger partial charge < -0.3 is 9.53 Å². The van der Waals surface area contributed by atoms with Gasteiger partial charge in [-0.15, -0.1) is 0 Å². The fourth-order valence-corrected chi connectivity index (χ4v) is 1.60. The van der Waals surface area contributed by atoms with E-state index >= 15 is 0 Å². The molecule has 1 rings (SSSR count). The van der Waals surface area contributed by atoms with Gasteiger partial charge in [0.15, 0.2) is 0 Å². The highest BCUT2D eigenvalue weighted by molar-refractivity contribution is 5.52. The molecule has 1 heterocycles. The van der Waals surface area contributed by atoms with Gasteiger partial charge in [0.05, 0.1) is 0 Å². The molecule has 0 radical (unpaired) electrons. The first-order chi connectivity index (χ1) is 5.83. The third-order valence-electron chi connectivity index (χ3n) is 2.60. The number of hydrogen-bond acceptors (Lipinski definition) is 2. The Bertz CT molecular complexity index is 128. The third kappa shape index (κ3) is 3.35. The number of carbonyl (C=O) groups is 1. The van der Waals surface area contributed by atoms with Crippen molar-refractivity contribution in [2.45, 2.75) is 32.6 Å². The van der Waals surface area contributed by atoms with Crippen LogP contribution in [0.25, 0.3) is 0 Å². The maximum Gasteiger partial charge on any atom is 0.122 e. The van der Waals surface area contributed by atoms with E-state index in [1.54, 1.807) is 0 Å². The summed E-state index contributed by atoms with van der Waals surface area (Å²) in [6.07, 6.45) is 5.67. The normalized spacial score (nSPS) is 22.1. The van der Waals surface area contributed by atoms with Gasteiger partial charge in [-0.25, -0.2) is 0 Å². The summed E-state index contributed by atoms with van der Waals surface area (Å²) in [5, 5.41) is 0. The van der Waals surface area contributed by atoms with Crippen molar-refractivity contribution < 1.29 is 9.53 Å². The molecule has 0 aliphatic carbocycles. The average Bonchev–Trinajstić information content (AvgIpc) is 2.16. The van der Waals surface area contributed by atoms with Crippen molar-refractivity contribution in [3.63, 3.8) is 0 Å². The van der Waals surface area contributed by atoms with E-state index in [1.165, 1.54) is 19.3 Å².